The molecule has 0 amide bonds. The number of aliphatic carboxylic acids is 1. The first-order valence-corrected chi connectivity index (χ1v) is 38.7. The molecule has 0 spiro atoms. The number of rotatable bonds is 71. The molecule has 0 rings (SSSR count). The van der Waals surface area contributed by atoms with Crippen LogP contribution in [-0.2, 0) is 33.3 Å². The Morgan fingerprint density at radius 1 is 0.333 bits per heavy atom. The number of hydrogen-bond acceptors (Lipinski definition) is 8. The van der Waals surface area contributed by atoms with E-state index in [1.54, 1.807) is 0 Å². The molecule has 0 aliphatic carbocycles. The molecule has 93 heavy (non-hydrogen) atoms. The average molecular weight is 1300 g/mol. The lowest BCUT2D eigenvalue weighted by Gasteiger charge is -2.26. The number of ether oxygens (including phenoxy) is 4. The fourth-order valence-electron chi connectivity index (χ4n) is 10.8. The summed E-state index contributed by atoms with van der Waals surface area (Å²) in [6.07, 6.45) is 102. The van der Waals surface area contributed by atoms with Crippen molar-refractivity contribution in [1.82, 2.24) is 0 Å². The summed E-state index contributed by atoms with van der Waals surface area (Å²) in [6.45, 7) is 4.66. The zero-order chi connectivity index (χ0) is 67.5. The highest BCUT2D eigenvalue weighted by atomic mass is 16.7. The Balaban J connectivity index is 4.07. The van der Waals surface area contributed by atoms with Gasteiger partial charge in [0.25, 0.3) is 0 Å². The van der Waals surface area contributed by atoms with Crippen LogP contribution >= 0.6 is 0 Å². The fraction of sp³-hybridized carbons (Fsp3) is 0.726. The topological polar surface area (TPSA) is 111 Å². The highest BCUT2D eigenvalue weighted by molar-refractivity contribution is 5.70. The molecule has 0 radical (unpaired) electrons. The number of allylic oxidation sites excluding steroid dienone is 20. The van der Waals surface area contributed by atoms with E-state index in [-0.39, 0.29) is 32.2 Å². The van der Waals surface area contributed by atoms with Crippen LogP contribution in [0.15, 0.2) is 122 Å². The number of carboxylic acids is 1. The second kappa shape index (κ2) is 73.5. The Hall–Kier alpha value is -4.31. The third-order valence-electron chi connectivity index (χ3n) is 16.7. The number of likely N-dealkylation sites (N-methyl/N-ethyl adjacent to an activating group) is 1. The lowest BCUT2D eigenvalue weighted by atomic mass is 10.0. The van der Waals surface area contributed by atoms with Crippen molar-refractivity contribution in [2.24, 2.45) is 0 Å². The molecule has 534 valence electrons. The minimum absolute atomic E-state index is 0.145. The van der Waals surface area contributed by atoms with Crippen LogP contribution in [0.3, 0.4) is 0 Å². The van der Waals surface area contributed by atoms with E-state index >= 15 is 0 Å². The van der Waals surface area contributed by atoms with Crippen LogP contribution in [0.25, 0.3) is 0 Å². The van der Waals surface area contributed by atoms with Crippen LogP contribution in [0.4, 0.5) is 0 Å². The van der Waals surface area contributed by atoms with Crippen molar-refractivity contribution in [2.75, 3.05) is 47.5 Å². The van der Waals surface area contributed by atoms with Gasteiger partial charge in [-0.3, -0.25) is 9.59 Å². The molecule has 9 nitrogen and oxygen atoms in total. The molecular weight excluding hydrogens is 1150 g/mol. The van der Waals surface area contributed by atoms with Crippen molar-refractivity contribution in [1.29, 1.82) is 0 Å². The number of carboxylic acid groups (broad SMARTS) is 1. The second-order valence-corrected chi connectivity index (χ2v) is 26.9. The molecular formula is C84H145NO8. The SMILES string of the molecule is CC/C=C\C/C=C\C/C=C\C/C=C\C/C=C\C/C=C\C/C=C\C/C=C\CCCCCCCCCCCCCCCCC(=O)OC(COC(=O)CCCCCCCCCCCCCCCCCCC/C=C\C/C=C\CCCCCCC)COC(OCC[N+](C)(C)C)C(=O)[O-]. The number of carbonyl (C=O) groups excluding carboxylic acids is 3. The van der Waals surface area contributed by atoms with Gasteiger partial charge in [0.05, 0.1) is 40.3 Å². The molecule has 0 aliphatic heterocycles. The van der Waals surface area contributed by atoms with Crippen LogP contribution < -0.4 is 5.11 Å². The Kier molecular flexibility index (Phi) is 70.1. The number of unbranched alkanes of at least 4 members (excludes halogenated alkanes) is 36. The van der Waals surface area contributed by atoms with Crippen LogP contribution in [0.2, 0.25) is 0 Å². The summed E-state index contributed by atoms with van der Waals surface area (Å²) in [5.74, 6) is -2.27. The molecule has 0 saturated heterocycles. The minimum Gasteiger partial charge on any atom is -0.545 e. The van der Waals surface area contributed by atoms with Gasteiger partial charge in [-0.05, 0) is 109 Å². The summed E-state index contributed by atoms with van der Waals surface area (Å²) in [6, 6.07) is 0. The number of esters is 2. The second-order valence-electron chi connectivity index (χ2n) is 26.9. The normalized spacial score (nSPS) is 13.3. The van der Waals surface area contributed by atoms with Crippen molar-refractivity contribution in [3.05, 3.63) is 122 Å². The van der Waals surface area contributed by atoms with Crippen LogP contribution in [-0.4, -0.2) is 82.3 Å². The smallest absolute Gasteiger partial charge is 0.306 e. The van der Waals surface area contributed by atoms with E-state index in [9.17, 15) is 19.5 Å². The van der Waals surface area contributed by atoms with E-state index < -0.39 is 24.3 Å². The molecule has 0 aromatic rings. The Bertz CT molecular complexity index is 1950. The van der Waals surface area contributed by atoms with Gasteiger partial charge in [-0.25, -0.2) is 0 Å². The van der Waals surface area contributed by atoms with Gasteiger partial charge in [-0.15, -0.1) is 0 Å². The summed E-state index contributed by atoms with van der Waals surface area (Å²) in [5.41, 5.74) is 0. The summed E-state index contributed by atoms with van der Waals surface area (Å²) in [5, 5.41) is 11.9. The molecule has 0 aliphatic rings. The zero-order valence-electron chi connectivity index (χ0n) is 61.1. The van der Waals surface area contributed by atoms with Gasteiger partial charge in [-0.2, -0.15) is 0 Å². The van der Waals surface area contributed by atoms with Crippen molar-refractivity contribution >= 4 is 17.9 Å². The first kappa shape index (κ1) is 88.7. The molecule has 0 aromatic heterocycles. The van der Waals surface area contributed by atoms with Gasteiger partial charge >= 0.3 is 11.9 Å². The van der Waals surface area contributed by atoms with Gasteiger partial charge in [0.2, 0.25) is 0 Å². The van der Waals surface area contributed by atoms with Crippen LogP contribution in [0.1, 0.15) is 335 Å². The van der Waals surface area contributed by atoms with E-state index in [0.717, 1.165) is 96.3 Å². The molecule has 2 atom stereocenters. The van der Waals surface area contributed by atoms with E-state index in [1.807, 2.05) is 21.1 Å². The monoisotopic (exact) mass is 1300 g/mol. The fourth-order valence-corrected chi connectivity index (χ4v) is 10.8. The average Bonchev–Trinajstić information content (AvgIpc) is 3.38. The van der Waals surface area contributed by atoms with Crippen molar-refractivity contribution < 1.29 is 42.9 Å². The lowest BCUT2D eigenvalue weighted by Crippen LogP contribution is -2.44. The molecule has 9 heteroatoms. The molecule has 0 heterocycles. The maximum Gasteiger partial charge on any atom is 0.306 e. The molecule has 0 fully saturated rings. The van der Waals surface area contributed by atoms with Crippen molar-refractivity contribution in [3.63, 3.8) is 0 Å². The number of carbonyl (C=O) groups is 3. The number of nitrogens with zero attached hydrogens (tertiary/aromatic N) is 1. The summed E-state index contributed by atoms with van der Waals surface area (Å²) >= 11 is 0. The maximum absolute atomic E-state index is 13.0. The Morgan fingerprint density at radius 2 is 0.613 bits per heavy atom. The summed E-state index contributed by atoms with van der Waals surface area (Å²) in [7, 11) is 5.94. The largest absolute Gasteiger partial charge is 0.545 e. The predicted molar refractivity (Wildman–Crippen MR) is 398 cm³/mol. The first-order valence-electron chi connectivity index (χ1n) is 38.7. The van der Waals surface area contributed by atoms with Gasteiger partial charge in [0.15, 0.2) is 12.4 Å². The Morgan fingerprint density at radius 3 is 0.914 bits per heavy atom. The molecule has 0 N–H and O–H groups in total. The van der Waals surface area contributed by atoms with E-state index in [0.29, 0.717) is 23.9 Å². The first-order chi connectivity index (χ1) is 45.6. The van der Waals surface area contributed by atoms with Gasteiger partial charge in [0.1, 0.15) is 13.2 Å². The third kappa shape index (κ3) is 74.9. The standard InChI is InChI=1S/C84H145NO8/c1-6-8-10-12-14-16-18-20-22-24-26-28-30-32-34-36-37-38-39-40-41-42-43-44-45-47-49-51-53-55-57-59-61-63-65-67-69-71-73-75-82(87)93-80(79-92-84(83(88)89)90-77-76-85(3,4)5)78-91-81(86)74-72-70-68-66-64-62-60-58-56-54-52-50-48-46-35-33-31-29-27-25-23-21-19-17-15-13-11-9-7-2/h8,10,14,16,19-22,25-28,32,34,37-38,40-41,43-44,80,84H,6-7,9,11-13,15,17-18,23-24,29-31,33,35-36,39,42,45-79H2,1-5H3/b10-8-,16-14-,21-19-,22-20-,27-25-,28-26-,34-32-,38-37-,41-40-,44-43-. The number of hydrogen-bond donors (Lipinski definition) is 0. The van der Waals surface area contributed by atoms with E-state index in [2.05, 4.69) is 135 Å². The summed E-state index contributed by atoms with van der Waals surface area (Å²) in [4.78, 5) is 37.6. The van der Waals surface area contributed by atoms with Crippen molar-refractivity contribution in [2.45, 2.75) is 347 Å². The number of quaternary nitrogens is 1. The van der Waals surface area contributed by atoms with E-state index in [4.69, 9.17) is 18.9 Å². The lowest BCUT2D eigenvalue weighted by molar-refractivity contribution is -0.870. The van der Waals surface area contributed by atoms with Crippen molar-refractivity contribution in [3.8, 4) is 0 Å². The Labute approximate surface area is 574 Å². The molecule has 0 aromatic carbocycles. The molecule has 0 bridgehead atoms. The minimum atomic E-state index is -1.63. The third-order valence-corrected chi connectivity index (χ3v) is 16.7. The zero-order valence-corrected chi connectivity index (χ0v) is 61.1. The quantitative estimate of drug-likeness (QED) is 0.0195. The van der Waals surface area contributed by atoms with Gasteiger partial charge < -0.3 is 33.3 Å². The molecule has 2 unspecified atom stereocenters. The molecule has 0 saturated carbocycles. The maximum atomic E-state index is 13.0. The van der Waals surface area contributed by atoms with Gasteiger partial charge in [0, 0.05) is 12.8 Å². The van der Waals surface area contributed by atoms with E-state index in [1.165, 1.54) is 205 Å². The van der Waals surface area contributed by atoms with Crippen LogP contribution in [0, 0.1) is 0 Å². The summed E-state index contributed by atoms with van der Waals surface area (Å²) < 4.78 is 22.9. The van der Waals surface area contributed by atoms with Crippen LogP contribution in [0.5, 0.6) is 0 Å². The highest BCUT2D eigenvalue weighted by Gasteiger charge is 2.22. The highest BCUT2D eigenvalue weighted by Crippen LogP contribution is 2.18. The predicted octanol–water partition coefficient (Wildman–Crippen LogP) is 23.4. The van der Waals surface area contributed by atoms with Gasteiger partial charge in [-0.1, -0.05) is 334 Å².